The molecule has 0 N–H and O–H groups in total. The van der Waals surface area contributed by atoms with Gasteiger partial charge in [-0.15, -0.1) is 0 Å². The van der Waals surface area contributed by atoms with Crippen molar-refractivity contribution in [1.82, 2.24) is 13.5 Å². The fourth-order valence-electron chi connectivity index (χ4n) is 0.827. The molecule has 5 nitrogen and oxygen atoms in total. The molecule has 0 saturated carbocycles. The third-order valence-corrected chi connectivity index (χ3v) is 3.28. The van der Waals surface area contributed by atoms with E-state index < -0.39 is 10.2 Å². The van der Waals surface area contributed by atoms with Crippen LogP contribution in [0, 0.1) is 0 Å². The Bertz CT molecular complexity index is 380. The molecule has 0 bridgehead atoms. The first-order valence-electron chi connectivity index (χ1n) is 3.96. The van der Waals surface area contributed by atoms with E-state index in [0.29, 0.717) is 0 Å². The maximum Gasteiger partial charge on any atom is 0.322 e. The Morgan fingerprint density at radius 3 is 2.54 bits per heavy atom. The van der Waals surface area contributed by atoms with E-state index in [0.717, 1.165) is 20.5 Å². The maximum absolute atomic E-state index is 11.5. The smallest absolute Gasteiger partial charge is 0.189 e. The molecule has 0 fully saturated rings. The second kappa shape index (κ2) is 3.47. The predicted molar refractivity (Wildman–Crippen MR) is 49.6 cm³/mol. The van der Waals surface area contributed by atoms with E-state index in [1.54, 1.807) is 6.07 Å². The fraction of sp³-hybridized carbons (Fsp3) is 0.571. The minimum absolute atomic E-state index is 0.732. The lowest BCUT2D eigenvalue weighted by atomic mass is 10.4. The Balaban J connectivity index is 3.09. The van der Waals surface area contributed by atoms with Crippen LogP contribution in [0.3, 0.4) is 0 Å². The highest BCUT2D eigenvalue weighted by Gasteiger charge is 2.16. The number of hydrogen-bond acceptors (Lipinski definition) is 3. The zero-order valence-electron chi connectivity index (χ0n) is 7.93. The molecule has 0 atom stereocenters. The summed E-state index contributed by atoms with van der Waals surface area (Å²) in [4.78, 5) is 0. The molecule has 0 spiro atoms. The van der Waals surface area contributed by atoms with E-state index in [1.165, 1.54) is 20.3 Å². The van der Waals surface area contributed by atoms with E-state index in [1.807, 2.05) is 6.92 Å². The van der Waals surface area contributed by atoms with Gasteiger partial charge in [-0.1, -0.05) is 6.92 Å². The zero-order chi connectivity index (χ0) is 10.1. The minimum atomic E-state index is -3.43. The van der Waals surface area contributed by atoms with Gasteiger partial charge in [-0.3, -0.25) is 0 Å². The number of nitrogens with zero attached hydrogens (tertiary/aromatic N) is 3. The summed E-state index contributed by atoms with van der Waals surface area (Å²) < 4.78 is 25.1. The monoisotopic (exact) mass is 203 g/mol. The third-order valence-electron chi connectivity index (χ3n) is 1.68. The highest BCUT2D eigenvalue weighted by Crippen LogP contribution is 2.02. The van der Waals surface area contributed by atoms with Crippen LogP contribution in [-0.4, -0.2) is 36.0 Å². The van der Waals surface area contributed by atoms with Crippen LogP contribution in [0.1, 0.15) is 12.6 Å². The Morgan fingerprint density at radius 1 is 1.54 bits per heavy atom. The van der Waals surface area contributed by atoms with Gasteiger partial charge < -0.3 is 0 Å². The number of hydrogen-bond donors (Lipinski definition) is 0. The van der Waals surface area contributed by atoms with Crippen molar-refractivity contribution in [1.29, 1.82) is 0 Å². The molecule has 6 heteroatoms. The van der Waals surface area contributed by atoms with Gasteiger partial charge in [-0.25, -0.2) is 0 Å². The molecule has 1 heterocycles. The van der Waals surface area contributed by atoms with E-state index in [-0.39, 0.29) is 0 Å². The van der Waals surface area contributed by atoms with Crippen molar-refractivity contribution in [2.24, 2.45) is 0 Å². The summed E-state index contributed by atoms with van der Waals surface area (Å²) in [5.74, 6) is 0. The molecule has 0 unspecified atom stereocenters. The van der Waals surface area contributed by atoms with Gasteiger partial charge in [0.25, 0.3) is 0 Å². The first kappa shape index (κ1) is 10.2. The van der Waals surface area contributed by atoms with Crippen LogP contribution in [0.2, 0.25) is 0 Å². The van der Waals surface area contributed by atoms with Gasteiger partial charge in [-0.2, -0.15) is 21.9 Å². The molecule has 13 heavy (non-hydrogen) atoms. The molecule has 1 aromatic rings. The summed E-state index contributed by atoms with van der Waals surface area (Å²) in [5, 5.41) is 3.91. The van der Waals surface area contributed by atoms with Crippen molar-refractivity contribution in [2.75, 3.05) is 14.1 Å². The standard InChI is InChI=1S/C7H13N3O2S/c1-4-7-5-6-10(8-7)13(11,12)9(2)3/h5-6H,4H2,1-3H3. The highest BCUT2D eigenvalue weighted by molar-refractivity contribution is 7.87. The fourth-order valence-corrected chi connectivity index (χ4v) is 1.58. The van der Waals surface area contributed by atoms with Gasteiger partial charge in [0.1, 0.15) is 0 Å². The van der Waals surface area contributed by atoms with Gasteiger partial charge in [-0.05, 0) is 12.5 Å². The predicted octanol–water partition coefficient (Wildman–Crippen LogP) is 0.1000. The average Bonchev–Trinajstić information content (AvgIpc) is 2.51. The lowest BCUT2D eigenvalue weighted by Crippen LogP contribution is -2.29. The number of aryl methyl sites for hydroxylation is 1. The quantitative estimate of drug-likeness (QED) is 0.700. The lowest BCUT2D eigenvalue weighted by Gasteiger charge is -2.09. The van der Waals surface area contributed by atoms with Crippen molar-refractivity contribution in [3.8, 4) is 0 Å². The van der Waals surface area contributed by atoms with Crippen LogP contribution < -0.4 is 0 Å². The molecule has 0 radical (unpaired) electrons. The summed E-state index contributed by atoms with van der Waals surface area (Å²) in [6.45, 7) is 1.93. The van der Waals surface area contributed by atoms with Crippen molar-refractivity contribution >= 4 is 10.2 Å². The molecule has 74 valence electrons. The first-order chi connectivity index (χ1) is 5.98. The first-order valence-corrected chi connectivity index (χ1v) is 5.35. The molecule has 1 rings (SSSR count). The molecule has 0 amide bonds. The SMILES string of the molecule is CCc1ccn(S(=O)(=O)N(C)C)n1. The summed E-state index contributed by atoms with van der Waals surface area (Å²) in [6.07, 6.45) is 2.18. The van der Waals surface area contributed by atoms with Crippen molar-refractivity contribution in [3.63, 3.8) is 0 Å². The van der Waals surface area contributed by atoms with Crippen molar-refractivity contribution in [2.45, 2.75) is 13.3 Å². The summed E-state index contributed by atoms with van der Waals surface area (Å²) in [6, 6.07) is 1.70. The zero-order valence-corrected chi connectivity index (χ0v) is 8.74. The molecule has 0 aliphatic carbocycles. The topological polar surface area (TPSA) is 55.2 Å². The molecule has 0 aliphatic rings. The van der Waals surface area contributed by atoms with E-state index in [4.69, 9.17) is 0 Å². The second-order valence-electron chi connectivity index (χ2n) is 2.82. The molecule has 1 aromatic heterocycles. The van der Waals surface area contributed by atoms with Gasteiger partial charge in [0, 0.05) is 20.3 Å². The van der Waals surface area contributed by atoms with Crippen molar-refractivity contribution < 1.29 is 8.42 Å². The minimum Gasteiger partial charge on any atom is -0.189 e. The van der Waals surface area contributed by atoms with E-state index in [2.05, 4.69) is 5.10 Å². The Morgan fingerprint density at radius 2 is 2.15 bits per heavy atom. The average molecular weight is 203 g/mol. The van der Waals surface area contributed by atoms with Crippen LogP contribution in [0.15, 0.2) is 12.3 Å². The Hall–Kier alpha value is -0.880. The van der Waals surface area contributed by atoms with E-state index in [9.17, 15) is 8.42 Å². The van der Waals surface area contributed by atoms with Crippen LogP contribution in [0.4, 0.5) is 0 Å². The van der Waals surface area contributed by atoms with E-state index >= 15 is 0 Å². The molecular weight excluding hydrogens is 190 g/mol. The van der Waals surface area contributed by atoms with Crippen LogP contribution in [0.25, 0.3) is 0 Å². The Kier molecular flexibility index (Phi) is 2.72. The molecule has 0 aliphatic heterocycles. The maximum atomic E-state index is 11.5. The van der Waals surface area contributed by atoms with Crippen LogP contribution >= 0.6 is 0 Å². The van der Waals surface area contributed by atoms with Crippen LogP contribution in [0.5, 0.6) is 0 Å². The third kappa shape index (κ3) is 1.89. The largest absolute Gasteiger partial charge is 0.322 e. The van der Waals surface area contributed by atoms with Crippen molar-refractivity contribution in [3.05, 3.63) is 18.0 Å². The number of aromatic nitrogens is 2. The summed E-state index contributed by atoms with van der Waals surface area (Å²) >= 11 is 0. The van der Waals surface area contributed by atoms with Crippen LogP contribution in [-0.2, 0) is 16.6 Å². The highest BCUT2D eigenvalue weighted by atomic mass is 32.2. The summed E-state index contributed by atoms with van der Waals surface area (Å²) in [7, 11) is -0.478. The molecule has 0 aromatic carbocycles. The van der Waals surface area contributed by atoms with Gasteiger partial charge in [0.15, 0.2) is 0 Å². The van der Waals surface area contributed by atoms with Gasteiger partial charge in [0.05, 0.1) is 5.69 Å². The molecular formula is C7H13N3O2S. The van der Waals surface area contributed by atoms with Gasteiger partial charge in [0.2, 0.25) is 0 Å². The number of rotatable bonds is 3. The molecule has 0 saturated heterocycles. The second-order valence-corrected chi connectivity index (χ2v) is 4.82. The lowest BCUT2D eigenvalue weighted by molar-refractivity contribution is 0.503. The summed E-state index contributed by atoms with van der Waals surface area (Å²) in [5.41, 5.74) is 0.769. The Labute approximate surface area is 78.2 Å². The van der Waals surface area contributed by atoms with Gasteiger partial charge >= 0.3 is 10.2 Å². The normalized spacial score (nSPS) is 12.3.